The number of hydrogen-bond acceptors (Lipinski definition) is 3. The van der Waals surface area contributed by atoms with Gasteiger partial charge >= 0.3 is 6.18 Å². The maximum absolute atomic E-state index is 11.6. The molecule has 4 nitrogen and oxygen atoms in total. The van der Waals surface area contributed by atoms with Gasteiger partial charge in [0.25, 0.3) is 0 Å². The molecule has 0 aromatic carbocycles. The van der Waals surface area contributed by atoms with E-state index in [1.807, 2.05) is 0 Å². The molecule has 0 spiro atoms. The lowest BCUT2D eigenvalue weighted by Crippen LogP contribution is -2.23. The van der Waals surface area contributed by atoms with Crippen molar-refractivity contribution < 1.29 is 17.9 Å². The summed E-state index contributed by atoms with van der Waals surface area (Å²) in [5.41, 5.74) is 0.880. The molecule has 7 heteroatoms. The molecule has 1 aromatic rings. The molecule has 0 amide bonds. The molecule has 0 aliphatic heterocycles. The molecule has 1 heterocycles. The SMILES string of the molecule is FC(F)(F)COCCNCc1ccn[nH]1. The third-order valence-corrected chi connectivity index (χ3v) is 1.56. The highest BCUT2D eigenvalue weighted by Gasteiger charge is 2.27. The molecule has 0 unspecified atom stereocenters. The van der Waals surface area contributed by atoms with Gasteiger partial charge in [0, 0.05) is 25.0 Å². The number of aromatic nitrogens is 2. The summed E-state index contributed by atoms with van der Waals surface area (Å²) >= 11 is 0. The zero-order valence-corrected chi connectivity index (χ0v) is 7.97. The van der Waals surface area contributed by atoms with E-state index >= 15 is 0 Å². The second-order valence-corrected chi connectivity index (χ2v) is 2.93. The molecule has 0 radical (unpaired) electrons. The average molecular weight is 223 g/mol. The van der Waals surface area contributed by atoms with Gasteiger partial charge in [-0.05, 0) is 6.07 Å². The number of nitrogens with zero attached hydrogens (tertiary/aromatic N) is 1. The van der Waals surface area contributed by atoms with Gasteiger partial charge in [0.2, 0.25) is 0 Å². The summed E-state index contributed by atoms with van der Waals surface area (Å²) in [4.78, 5) is 0. The van der Waals surface area contributed by atoms with Crippen molar-refractivity contribution in [1.29, 1.82) is 0 Å². The molecule has 2 N–H and O–H groups in total. The number of nitrogens with one attached hydrogen (secondary N) is 2. The third kappa shape index (κ3) is 6.08. The Labute approximate surface area is 84.8 Å². The van der Waals surface area contributed by atoms with Crippen molar-refractivity contribution in [2.24, 2.45) is 0 Å². The Kier molecular flexibility index (Phi) is 4.57. The second-order valence-electron chi connectivity index (χ2n) is 2.93. The van der Waals surface area contributed by atoms with Gasteiger partial charge in [-0.1, -0.05) is 0 Å². The number of hydrogen-bond donors (Lipinski definition) is 2. The Balaban J connectivity index is 1.94. The summed E-state index contributed by atoms with van der Waals surface area (Å²) in [7, 11) is 0. The minimum absolute atomic E-state index is 0.0354. The van der Waals surface area contributed by atoms with E-state index in [1.165, 1.54) is 0 Å². The van der Waals surface area contributed by atoms with Crippen LogP contribution >= 0.6 is 0 Å². The first-order valence-corrected chi connectivity index (χ1v) is 4.41. The van der Waals surface area contributed by atoms with E-state index in [1.54, 1.807) is 12.3 Å². The lowest BCUT2D eigenvalue weighted by atomic mass is 10.4. The van der Waals surface area contributed by atoms with E-state index < -0.39 is 12.8 Å². The molecule has 0 saturated carbocycles. The summed E-state index contributed by atoms with van der Waals surface area (Å²) in [5, 5.41) is 9.35. The predicted octanol–water partition coefficient (Wildman–Crippen LogP) is 1.08. The van der Waals surface area contributed by atoms with E-state index in [9.17, 15) is 13.2 Å². The Morgan fingerprint density at radius 1 is 1.47 bits per heavy atom. The maximum Gasteiger partial charge on any atom is 0.411 e. The van der Waals surface area contributed by atoms with Crippen LogP contribution in [0.3, 0.4) is 0 Å². The van der Waals surface area contributed by atoms with Gasteiger partial charge < -0.3 is 10.1 Å². The summed E-state index contributed by atoms with van der Waals surface area (Å²) in [6.45, 7) is -0.253. The first-order valence-electron chi connectivity index (χ1n) is 4.41. The van der Waals surface area contributed by atoms with Crippen molar-refractivity contribution in [2.45, 2.75) is 12.7 Å². The molecule has 15 heavy (non-hydrogen) atoms. The number of ether oxygens (including phenoxy) is 1. The smallest absolute Gasteiger partial charge is 0.371 e. The van der Waals surface area contributed by atoms with E-state index in [-0.39, 0.29) is 6.61 Å². The van der Waals surface area contributed by atoms with Crippen LogP contribution in [0.25, 0.3) is 0 Å². The van der Waals surface area contributed by atoms with Crippen molar-refractivity contribution in [3.8, 4) is 0 Å². The van der Waals surface area contributed by atoms with E-state index in [4.69, 9.17) is 0 Å². The van der Waals surface area contributed by atoms with Crippen LogP contribution in [0.2, 0.25) is 0 Å². The molecule has 0 saturated heterocycles. The molecule has 0 aliphatic rings. The molecule has 0 atom stereocenters. The lowest BCUT2D eigenvalue weighted by molar-refractivity contribution is -0.173. The number of rotatable bonds is 6. The van der Waals surface area contributed by atoms with Gasteiger partial charge in [-0.25, -0.2) is 0 Å². The van der Waals surface area contributed by atoms with Crippen LogP contribution in [-0.4, -0.2) is 36.1 Å². The highest BCUT2D eigenvalue weighted by atomic mass is 19.4. The van der Waals surface area contributed by atoms with E-state index in [0.717, 1.165) is 5.69 Å². The largest absolute Gasteiger partial charge is 0.411 e. The minimum Gasteiger partial charge on any atom is -0.371 e. The van der Waals surface area contributed by atoms with Crippen LogP contribution in [0, 0.1) is 0 Å². The van der Waals surface area contributed by atoms with Crippen LogP contribution in [0.4, 0.5) is 13.2 Å². The van der Waals surface area contributed by atoms with Gasteiger partial charge in [-0.15, -0.1) is 0 Å². The number of alkyl halides is 3. The Morgan fingerprint density at radius 2 is 2.27 bits per heavy atom. The fraction of sp³-hybridized carbons (Fsp3) is 0.625. The monoisotopic (exact) mass is 223 g/mol. The van der Waals surface area contributed by atoms with Crippen molar-refractivity contribution in [2.75, 3.05) is 19.8 Å². The molecular formula is C8H12F3N3O. The maximum atomic E-state index is 11.6. The fourth-order valence-electron chi connectivity index (χ4n) is 0.938. The van der Waals surface area contributed by atoms with Gasteiger partial charge in [0.15, 0.2) is 0 Å². The van der Waals surface area contributed by atoms with Crippen LogP contribution in [-0.2, 0) is 11.3 Å². The zero-order valence-electron chi connectivity index (χ0n) is 7.97. The average Bonchev–Trinajstić information content (AvgIpc) is 2.61. The van der Waals surface area contributed by atoms with Crippen molar-refractivity contribution >= 4 is 0 Å². The van der Waals surface area contributed by atoms with Gasteiger partial charge in [-0.3, -0.25) is 5.10 Å². The standard InChI is InChI=1S/C8H12F3N3O/c9-8(10,11)6-15-4-3-12-5-7-1-2-13-14-7/h1-2,12H,3-6H2,(H,13,14). The number of aromatic amines is 1. The lowest BCUT2D eigenvalue weighted by Gasteiger charge is -2.07. The number of H-pyrrole nitrogens is 1. The molecule has 0 aliphatic carbocycles. The van der Waals surface area contributed by atoms with Gasteiger partial charge in [0.1, 0.15) is 6.61 Å². The van der Waals surface area contributed by atoms with Crippen LogP contribution in [0.5, 0.6) is 0 Å². The van der Waals surface area contributed by atoms with E-state index in [0.29, 0.717) is 13.1 Å². The first kappa shape index (κ1) is 12.0. The first-order chi connectivity index (χ1) is 7.08. The molecule has 1 rings (SSSR count). The Bertz CT molecular complexity index is 261. The van der Waals surface area contributed by atoms with Crippen molar-refractivity contribution in [1.82, 2.24) is 15.5 Å². The van der Waals surface area contributed by atoms with E-state index in [2.05, 4.69) is 20.3 Å². The molecular weight excluding hydrogens is 211 g/mol. The second kappa shape index (κ2) is 5.72. The van der Waals surface area contributed by atoms with Crippen molar-refractivity contribution in [3.63, 3.8) is 0 Å². The van der Waals surface area contributed by atoms with Crippen LogP contribution in [0.15, 0.2) is 12.3 Å². The Hall–Kier alpha value is -1.08. The normalized spacial score (nSPS) is 11.9. The van der Waals surface area contributed by atoms with Crippen molar-refractivity contribution in [3.05, 3.63) is 18.0 Å². The molecule has 0 bridgehead atoms. The fourth-order valence-corrected chi connectivity index (χ4v) is 0.938. The highest BCUT2D eigenvalue weighted by molar-refractivity contribution is 4.96. The molecule has 1 aromatic heterocycles. The number of halogens is 3. The van der Waals surface area contributed by atoms with Crippen LogP contribution in [0.1, 0.15) is 5.69 Å². The zero-order chi connectivity index (χ0) is 11.1. The topological polar surface area (TPSA) is 49.9 Å². The van der Waals surface area contributed by atoms with Gasteiger partial charge in [-0.2, -0.15) is 18.3 Å². The summed E-state index contributed by atoms with van der Waals surface area (Å²) in [5.74, 6) is 0. The minimum atomic E-state index is -4.25. The quantitative estimate of drug-likeness (QED) is 0.709. The summed E-state index contributed by atoms with van der Waals surface area (Å²) in [6, 6.07) is 1.78. The summed E-state index contributed by atoms with van der Waals surface area (Å²) in [6.07, 6.45) is -2.64. The van der Waals surface area contributed by atoms with Gasteiger partial charge in [0.05, 0.1) is 6.61 Å². The molecule has 86 valence electrons. The summed E-state index contributed by atoms with van der Waals surface area (Å²) < 4.78 is 39.3. The predicted molar refractivity (Wildman–Crippen MR) is 47.2 cm³/mol. The Morgan fingerprint density at radius 3 is 2.87 bits per heavy atom. The molecule has 0 fully saturated rings. The highest BCUT2D eigenvalue weighted by Crippen LogP contribution is 2.13. The van der Waals surface area contributed by atoms with Crippen LogP contribution < -0.4 is 5.32 Å². The third-order valence-electron chi connectivity index (χ3n) is 1.56.